The minimum Gasteiger partial charge on any atom is -0.489 e. The van der Waals surface area contributed by atoms with E-state index in [1.165, 1.54) is 0 Å². The highest BCUT2D eigenvalue weighted by Gasteiger charge is 2.23. The summed E-state index contributed by atoms with van der Waals surface area (Å²) in [6, 6.07) is 15.3. The van der Waals surface area contributed by atoms with Crippen molar-refractivity contribution in [3.8, 4) is 5.75 Å². The Kier molecular flexibility index (Phi) is 7.76. The molecule has 1 aliphatic rings. The van der Waals surface area contributed by atoms with Crippen LogP contribution in [0.1, 0.15) is 28.8 Å². The molecule has 0 spiro atoms. The minimum absolute atomic E-state index is 0. The quantitative estimate of drug-likeness (QED) is 0.827. The summed E-state index contributed by atoms with van der Waals surface area (Å²) < 4.78 is 5.83. The number of likely N-dealkylation sites (tertiary alicyclic amines) is 1. The number of carbonyl (C=O) groups is 1. The van der Waals surface area contributed by atoms with Crippen LogP contribution in [0.4, 0.5) is 0 Å². The van der Waals surface area contributed by atoms with Crippen LogP contribution < -0.4 is 10.1 Å². The first-order valence-corrected chi connectivity index (χ1v) is 8.97. The predicted molar refractivity (Wildman–Crippen MR) is 107 cm³/mol. The molecule has 1 N–H and O–H groups in total. The van der Waals surface area contributed by atoms with Crippen molar-refractivity contribution in [2.75, 3.05) is 20.1 Å². The van der Waals surface area contributed by atoms with E-state index in [-0.39, 0.29) is 18.3 Å². The highest BCUT2D eigenvalue weighted by atomic mass is 35.5. The Balaban J connectivity index is 0.00000243. The number of benzene rings is 2. The first-order valence-electron chi connectivity index (χ1n) is 8.59. The molecule has 3 rings (SSSR count). The van der Waals surface area contributed by atoms with E-state index in [4.69, 9.17) is 16.3 Å². The van der Waals surface area contributed by atoms with Crippen LogP contribution in [-0.4, -0.2) is 37.0 Å². The third-order valence-corrected chi connectivity index (χ3v) is 4.77. The molecule has 1 aliphatic heterocycles. The second kappa shape index (κ2) is 9.81. The highest BCUT2D eigenvalue weighted by molar-refractivity contribution is 6.30. The third kappa shape index (κ3) is 5.37. The number of piperidine rings is 1. The highest BCUT2D eigenvalue weighted by Crippen LogP contribution is 2.19. The number of nitrogens with zero attached hydrogens (tertiary/aromatic N) is 1. The van der Waals surface area contributed by atoms with Gasteiger partial charge in [0.25, 0.3) is 5.91 Å². The summed E-state index contributed by atoms with van der Waals surface area (Å²) in [4.78, 5) is 14.7. The smallest absolute Gasteiger partial charge is 0.254 e. The number of ether oxygens (including phenoxy) is 1. The standard InChI is InChI=1S/C20H23ClN2O2.ClH/c1-22-18-5-3-11-23(13-18)20(24)16-4-2-6-19(12-16)25-14-15-7-9-17(21)10-8-15;/h2,4,6-10,12,18,22H,3,5,11,13-14H2,1H3;1H. The molecule has 0 saturated carbocycles. The van der Waals surface area contributed by atoms with Crippen molar-refractivity contribution in [1.82, 2.24) is 10.2 Å². The summed E-state index contributed by atoms with van der Waals surface area (Å²) in [5, 5.41) is 3.97. The monoisotopic (exact) mass is 394 g/mol. The summed E-state index contributed by atoms with van der Waals surface area (Å²) in [5.41, 5.74) is 1.71. The molecular weight excluding hydrogens is 371 g/mol. The maximum absolute atomic E-state index is 12.8. The molecule has 0 radical (unpaired) electrons. The van der Waals surface area contributed by atoms with E-state index >= 15 is 0 Å². The predicted octanol–water partition coefficient (Wildman–Crippen LogP) is 4.16. The van der Waals surface area contributed by atoms with Crippen molar-refractivity contribution in [2.45, 2.75) is 25.5 Å². The zero-order valence-electron chi connectivity index (χ0n) is 14.8. The second-order valence-corrected chi connectivity index (χ2v) is 6.76. The van der Waals surface area contributed by atoms with Crippen LogP contribution in [0.25, 0.3) is 0 Å². The van der Waals surface area contributed by atoms with Crippen molar-refractivity contribution in [3.63, 3.8) is 0 Å². The Morgan fingerprint density at radius 2 is 2.04 bits per heavy atom. The maximum Gasteiger partial charge on any atom is 0.254 e. The molecule has 0 aromatic heterocycles. The molecule has 4 nitrogen and oxygen atoms in total. The molecule has 1 heterocycles. The molecule has 26 heavy (non-hydrogen) atoms. The van der Waals surface area contributed by atoms with E-state index in [0.29, 0.717) is 29.0 Å². The lowest BCUT2D eigenvalue weighted by Gasteiger charge is -2.32. The van der Waals surface area contributed by atoms with Crippen LogP contribution >= 0.6 is 24.0 Å². The van der Waals surface area contributed by atoms with Crippen molar-refractivity contribution >= 4 is 29.9 Å². The Morgan fingerprint density at radius 1 is 1.27 bits per heavy atom. The molecule has 6 heteroatoms. The maximum atomic E-state index is 12.8. The van der Waals surface area contributed by atoms with Gasteiger partial charge < -0.3 is 15.0 Å². The molecule has 0 aliphatic carbocycles. The van der Waals surface area contributed by atoms with Gasteiger partial charge in [-0.25, -0.2) is 0 Å². The minimum atomic E-state index is 0. The van der Waals surface area contributed by atoms with Crippen molar-refractivity contribution < 1.29 is 9.53 Å². The van der Waals surface area contributed by atoms with Crippen LogP contribution in [0, 0.1) is 0 Å². The van der Waals surface area contributed by atoms with E-state index in [2.05, 4.69) is 5.32 Å². The summed E-state index contributed by atoms with van der Waals surface area (Å²) in [6.07, 6.45) is 2.15. The van der Waals surface area contributed by atoms with Crippen LogP contribution in [-0.2, 0) is 6.61 Å². The van der Waals surface area contributed by atoms with Crippen LogP contribution in [0.5, 0.6) is 5.75 Å². The van der Waals surface area contributed by atoms with Gasteiger partial charge in [0.05, 0.1) is 0 Å². The van der Waals surface area contributed by atoms with E-state index in [1.54, 1.807) is 0 Å². The first kappa shape index (κ1) is 20.6. The fourth-order valence-electron chi connectivity index (χ4n) is 3.05. The molecule has 1 atom stereocenters. The largest absolute Gasteiger partial charge is 0.489 e. The second-order valence-electron chi connectivity index (χ2n) is 6.32. The summed E-state index contributed by atoms with van der Waals surface area (Å²) in [5.74, 6) is 0.764. The zero-order chi connectivity index (χ0) is 17.6. The SMILES string of the molecule is CNC1CCCN(C(=O)c2cccc(OCc3ccc(Cl)cc3)c2)C1.Cl. The molecule has 140 valence electrons. The zero-order valence-corrected chi connectivity index (χ0v) is 16.4. The number of halogens is 2. The molecule has 2 aromatic carbocycles. The van der Waals surface area contributed by atoms with Crippen molar-refractivity contribution in [3.05, 3.63) is 64.7 Å². The lowest BCUT2D eigenvalue weighted by Crippen LogP contribution is -2.46. The number of rotatable bonds is 5. The first-order chi connectivity index (χ1) is 12.2. The van der Waals surface area contributed by atoms with Gasteiger partial charge in [-0.1, -0.05) is 29.8 Å². The summed E-state index contributed by atoms with van der Waals surface area (Å²) in [6.45, 7) is 2.01. The van der Waals surface area contributed by atoms with Gasteiger partial charge >= 0.3 is 0 Å². The molecule has 1 amide bonds. The Hall–Kier alpha value is -1.75. The average Bonchev–Trinajstić information content (AvgIpc) is 2.67. The molecule has 2 aromatic rings. The molecule has 1 fully saturated rings. The van der Waals surface area contributed by atoms with Gasteiger partial charge in [-0.15, -0.1) is 12.4 Å². The van der Waals surface area contributed by atoms with E-state index in [9.17, 15) is 4.79 Å². The fraction of sp³-hybridized carbons (Fsp3) is 0.350. The molecule has 0 bridgehead atoms. The summed E-state index contributed by atoms with van der Waals surface area (Å²) in [7, 11) is 1.95. The molecule has 1 unspecified atom stereocenters. The van der Waals surface area contributed by atoms with Crippen LogP contribution in [0.2, 0.25) is 5.02 Å². The normalized spacial score (nSPS) is 16.7. The number of hydrogen-bond donors (Lipinski definition) is 1. The van der Waals surface area contributed by atoms with Crippen molar-refractivity contribution in [2.24, 2.45) is 0 Å². The van der Waals surface area contributed by atoms with Gasteiger partial charge in [-0.05, 0) is 55.8 Å². The number of carbonyl (C=O) groups excluding carboxylic acids is 1. The van der Waals surface area contributed by atoms with Crippen molar-refractivity contribution in [1.29, 1.82) is 0 Å². The lowest BCUT2D eigenvalue weighted by atomic mass is 10.0. The fourth-order valence-corrected chi connectivity index (χ4v) is 3.17. The van der Waals surface area contributed by atoms with E-state index in [1.807, 2.05) is 60.5 Å². The Morgan fingerprint density at radius 3 is 2.77 bits per heavy atom. The van der Waals surface area contributed by atoms with E-state index < -0.39 is 0 Å². The van der Waals surface area contributed by atoms with Gasteiger partial charge in [0.2, 0.25) is 0 Å². The number of nitrogens with one attached hydrogen (secondary N) is 1. The van der Waals surface area contributed by atoms with Gasteiger partial charge in [-0.3, -0.25) is 4.79 Å². The number of amides is 1. The average molecular weight is 395 g/mol. The van der Waals surface area contributed by atoms with E-state index in [0.717, 1.165) is 31.5 Å². The van der Waals surface area contributed by atoms with Gasteiger partial charge in [-0.2, -0.15) is 0 Å². The van der Waals surface area contributed by atoms with Gasteiger partial charge in [0, 0.05) is 29.7 Å². The summed E-state index contributed by atoms with van der Waals surface area (Å²) >= 11 is 5.89. The Labute approximate surface area is 165 Å². The molecule has 1 saturated heterocycles. The topological polar surface area (TPSA) is 41.6 Å². The molecular formula is C20H24Cl2N2O2. The van der Waals surface area contributed by atoms with Gasteiger partial charge in [0.15, 0.2) is 0 Å². The van der Waals surface area contributed by atoms with Crippen LogP contribution in [0.3, 0.4) is 0 Å². The number of likely N-dealkylation sites (N-methyl/N-ethyl adjacent to an activating group) is 1. The van der Waals surface area contributed by atoms with Crippen LogP contribution in [0.15, 0.2) is 48.5 Å². The Bertz CT molecular complexity index is 722. The lowest BCUT2D eigenvalue weighted by molar-refractivity contribution is 0.0697. The van der Waals surface area contributed by atoms with Gasteiger partial charge in [0.1, 0.15) is 12.4 Å². The third-order valence-electron chi connectivity index (χ3n) is 4.52. The number of hydrogen-bond acceptors (Lipinski definition) is 3.